The molecule has 1 aromatic carbocycles. The summed E-state index contributed by atoms with van der Waals surface area (Å²) in [6.45, 7) is 3.33. The minimum atomic E-state index is -4.02. The van der Waals surface area contributed by atoms with Crippen LogP contribution < -0.4 is 0 Å². The van der Waals surface area contributed by atoms with Gasteiger partial charge in [0, 0.05) is 21.8 Å². The van der Waals surface area contributed by atoms with Crippen molar-refractivity contribution in [2.45, 2.75) is 27.7 Å². The second-order valence-electron chi connectivity index (χ2n) is 7.24. The van der Waals surface area contributed by atoms with Crippen LogP contribution in [0.1, 0.15) is 36.4 Å². The highest BCUT2D eigenvalue weighted by molar-refractivity contribution is 14.1. The number of hydrogen-bond acceptors (Lipinski definition) is 1. The zero-order valence-electron chi connectivity index (χ0n) is 15.8. The summed E-state index contributed by atoms with van der Waals surface area (Å²) >= 11 is 8.51. The molecular formula is C19H15BF2I4N2O. The molecule has 3 heterocycles. The number of phenols is 1. The van der Waals surface area contributed by atoms with Crippen molar-refractivity contribution in [3.05, 3.63) is 60.2 Å². The molecule has 2 aliphatic heterocycles. The van der Waals surface area contributed by atoms with Gasteiger partial charge in [0.2, 0.25) is 0 Å². The Morgan fingerprint density at radius 3 is 2.10 bits per heavy atom. The Bertz CT molecular complexity index is 1200. The Hall–Kier alpha value is 0.295. The predicted octanol–water partition coefficient (Wildman–Crippen LogP) is 6.82. The Balaban J connectivity index is 2.25. The molecule has 4 rings (SSSR count). The van der Waals surface area contributed by atoms with Crippen LogP contribution in [0.3, 0.4) is 0 Å². The second kappa shape index (κ2) is 7.42. The number of fused-ring (bicyclic) bond motifs is 2. The molecule has 10 heteroatoms. The third-order valence-corrected chi connectivity index (χ3v) is 10.4. The molecule has 0 atom stereocenters. The molecule has 0 unspecified atom stereocenters. The second-order valence-corrected chi connectivity index (χ2v) is 11.7. The van der Waals surface area contributed by atoms with Crippen LogP contribution in [-0.2, 0) is 0 Å². The third kappa shape index (κ3) is 3.03. The first kappa shape index (κ1) is 22.5. The van der Waals surface area contributed by atoms with Crippen LogP contribution in [0, 0.1) is 24.6 Å². The molecule has 3 nitrogen and oxygen atoms in total. The van der Waals surface area contributed by atoms with Crippen LogP contribution in [0.5, 0.6) is 5.75 Å². The van der Waals surface area contributed by atoms with Gasteiger partial charge < -0.3 is 22.7 Å². The average molecular weight is 844 g/mol. The summed E-state index contributed by atoms with van der Waals surface area (Å²) < 4.78 is 37.4. The molecule has 0 spiro atoms. The fourth-order valence-corrected chi connectivity index (χ4v) is 7.06. The van der Waals surface area contributed by atoms with Crippen LogP contribution in [0.2, 0.25) is 0 Å². The van der Waals surface area contributed by atoms with E-state index in [0.29, 0.717) is 29.9 Å². The lowest BCUT2D eigenvalue weighted by atomic mass is 9.84. The van der Waals surface area contributed by atoms with Gasteiger partial charge in [-0.15, -0.1) is 0 Å². The predicted molar refractivity (Wildman–Crippen MR) is 147 cm³/mol. The zero-order chi connectivity index (χ0) is 21.6. The summed E-state index contributed by atoms with van der Waals surface area (Å²) in [6.07, 6.45) is 0. The lowest BCUT2D eigenvalue weighted by Gasteiger charge is -2.34. The highest BCUT2D eigenvalue weighted by Gasteiger charge is 2.56. The van der Waals surface area contributed by atoms with E-state index in [0.717, 1.165) is 29.4 Å². The van der Waals surface area contributed by atoms with Gasteiger partial charge in [-0.05, 0) is 140 Å². The van der Waals surface area contributed by atoms with Crippen LogP contribution >= 0.6 is 90.4 Å². The largest absolute Gasteiger partial charge is 0.737 e. The Kier molecular flexibility index (Phi) is 5.75. The summed E-state index contributed by atoms with van der Waals surface area (Å²) in [5, 5.41) is 10.3. The molecule has 0 bridgehead atoms. The van der Waals surface area contributed by atoms with Crippen molar-refractivity contribution in [2.24, 2.45) is 0 Å². The molecule has 0 saturated heterocycles. The number of aromatic nitrogens is 1. The van der Waals surface area contributed by atoms with E-state index in [1.54, 1.807) is 13.8 Å². The lowest BCUT2D eigenvalue weighted by molar-refractivity contribution is -0.363. The van der Waals surface area contributed by atoms with E-state index in [4.69, 9.17) is 0 Å². The summed E-state index contributed by atoms with van der Waals surface area (Å²) in [5.41, 5.74) is 5.64. The van der Waals surface area contributed by atoms with Crippen molar-refractivity contribution >= 4 is 109 Å². The molecule has 0 aliphatic carbocycles. The van der Waals surface area contributed by atoms with E-state index < -0.39 is 6.97 Å². The van der Waals surface area contributed by atoms with Gasteiger partial charge in [-0.25, -0.2) is 0 Å². The van der Waals surface area contributed by atoms with Crippen LogP contribution in [0.25, 0.3) is 5.57 Å². The van der Waals surface area contributed by atoms with E-state index in [2.05, 4.69) is 90.4 Å². The Morgan fingerprint density at radius 2 is 1.55 bits per heavy atom. The number of phenolic OH excluding ortho intramolecular Hbond substituents is 1. The van der Waals surface area contributed by atoms with Gasteiger partial charge in [0.1, 0.15) is 11.5 Å². The van der Waals surface area contributed by atoms with Crippen molar-refractivity contribution in [2.75, 3.05) is 0 Å². The molecule has 0 amide bonds. The van der Waals surface area contributed by atoms with Gasteiger partial charge in [-0.1, -0.05) is 0 Å². The van der Waals surface area contributed by atoms with Crippen molar-refractivity contribution in [1.82, 2.24) is 4.48 Å². The lowest BCUT2D eigenvalue weighted by Crippen LogP contribution is -2.51. The summed E-state index contributed by atoms with van der Waals surface area (Å²) in [7, 11) is 0. The van der Waals surface area contributed by atoms with Crippen LogP contribution in [0.4, 0.5) is 8.63 Å². The normalized spacial score (nSPS) is 18.0. The van der Waals surface area contributed by atoms with Gasteiger partial charge in [-0.3, -0.25) is 0 Å². The topological polar surface area (TPSA) is 28.2 Å². The first-order valence-corrected chi connectivity index (χ1v) is 13.0. The number of aromatic hydroxyl groups is 1. The molecule has 1 aromatic heterocycles. The smallest absolute Gasteiger partial charge is 0.506 e. The monoisotopic (exact) mass is 844 g/mol. The molecule has 0 fully saturated rings. The van der Waals surface area contributed by atoms with Crippen molar-refractivity contribution in [1.29, 1.82) is 0 Å². The van der Waals surface area contributed by atoms with E-state index >= 15 is 8.63 Å². The average Bonchev–Trinajstić information content (AvgIpc) is 3.01. The van der Waals surface area contributed by atoms with Gasteiger partial charge >= 0.3 is 6.97 Å². The molecule has 2 aliphatic rings. The maximum Gasteiger partial charge on any atom is 0.737 e. The van der Waals surface area contributed by atoms with E-state index in [-0.39, 0.29) is 5.75 Å². The van der Waals surface area contributed by atoms with Gasteiger partial charge in [-0.2, -0.15) is 0 Å². The molecule has 0 radical (unpaired) electrons. The SMILES string of the molecule is CC1=C(I)C(C)=[N+]2C1=C(c1cc(I)c(O)c(I)c1)c1c(C)c(I)c(C)n1[B-]2(F)F. The van der Waals surface area contributed by atoms with Gasteiger partial charge in [0.05, 0.1) is 16.3 Å². The van der Waals surface area contributed by atoms with Crippen molar-refractivity contribution in [3.8, 4) is 5.75 Å². The number of allylic oxidation sites excluding steroid dienone is 2. The zero-order valence-corrected chi connectivity index (χ0v) is 24.5. The fourth-order valence-electron chi connectivity index (χ4n) is 4.26. The minimum Gasteiger partial charge on any atom is -0.506 e. The Morgan fingerprint density at radius 1 is 1.00 bits per heavy atom. The van der Waals surface area contributed by atoms with E-state index in [9.17, 15) is 5.11 Å². The molecular weight excluding hydrogens is 829 g/mol. The minimum absolute atomic E-state index is 0.219. The first-order chi connectivity index (χ1) is 13.4. The molecule has 1 N–H and O–H groups in total. The maximum absolute atomic E-state index is 15.9. The van der Waals surface area contributed by atoms with E-state index in [1.807, 2.05) is 26.0 Å². The van der Waals surface area contributed by atoms with E-state index in [1.165, 1.54) is 8.96 Å². The first-order valence-electron chi connectivity index (χ1n) is 8.73. The summed E-state index contributed by atoms with van der Waals surface area (Å²) in [5.74, 6) is 0.219. The van der Waals surface area contributed by atoms with Crippen molar-refractivity contribution < 1.29 is 18.2 Å². The summed E-state index contributed by atoms with van der Waals surface area (Å²) in [4.78, 5) is 0. The summed E-state index contributed by atoms with van der Waals surface area (Å²) in [6, 6.07) is 3.75. The quantitative estimate of drug-likeness (QED) is 0.248. The standard InChI is InChI=1S/C19H15BF2I4N2O/c1-7-15(25)9(3)27-17(7)14(11-5-12(23)19(29)13(24)6-11)18-8(2)16(26)10(4)28(18)20(27,21)22/h5-6,29H,1-4H3. The van der Waals surface area contributed by atoms with Crippen molar-refractivity contribution in [3.63, 3.8) is 0 Å². The number of benzene rings is 1. The molecule has 0 saturated carbocycles. The molecule has 29 heavy (non-hydrogen) atoms. The third-order valence-electron chi connectivity index (χ3n) is 5.61. The van der Waals surface area contributed by atoms with Gasteiger partial charge in [0.25, 0.3) is 0 Å². The fraction of sp³-hybridized carbons (Fsp3) is 0.211. The highest BCUT2D eigenvalue weighted by atomic mass is 127. The molecule has 2 aromatic rings. The maximum atomic E-state index is 15.9. The van der Waals surface area contributed by atoms with Crippen LogP contribution in [-0.4, -0.2) is 26.8 Å². The van der Waals surface area contributed by atoms with Gasteiger partial charge in [0.15, 0.2) is 5.70 Å². The number of rotatable bonds is 1. The number of nitrogens with zero attached hydrogens (tertiary/aromatic N) is 2. The molecule has 152 valence electrons. The number of halogens is 6. The van der Waals surface area contributed by atoms with Crippen LogP contribution in [0.15, 0.2) is 27.0 Å². The highest BCUT2D eigenvalue weighted by Crippen LogP contribution is 2.48. The number of hydrogen-bond donors (Lipinski definition) is 1. The Labute approximate surface area is 222 Å².